The Morgan fingerprint density at radius 2 is 1.74 bits per heavy atom. The molecule has 27 heavy (non-hydrogen) atoms. The number of hydrogen-bond acceptors (Lipinski definition) is 6. The summed E-state index contributed by atoms with van der Waals surface area (Å²) in [7, 11) is -3.72. The Morgan fingerprint density at radius 1 is 1.04 bits per heavy atom. The van der Waals surface area contributed by atoms with Crippen molar-refractivity contribution in [3.63, 3.8) is 0 Å². The first kappa shape index (κ1) is 19.8. The number of aromatic nitrogens is 2. The van der Waals surface area contributed by atoms with Gasteiger partial charge < -0.3 is 5.32 Å². The van der Waals surface area contributed by atoms with Crippen molar-refractivity contribution in [3.8, 4) is 0 Å². The number of carbonyl (C=O) groups excluding carboxylic acids is 1. The summed E-state index contributed by atoms with van der Waals surface area (Å²) in [5, 5.41) is 11.1. The van der Waals surface area contributed by atoms with E-state index in [4.69, 9.17) is 23.2 Å². The van der Waals surface area contributed by atoms with Gasteiger partial charge in [0.25, 0.3) is 0 Å². The van der Waals surface area contributed by atoms with Gasteiger partial charge in [-0.1, -0.05) is 64.9 Å². The predicted octanol–water partition coefficient (Wildman–Crippen LogP) is 4.00. The van der Waals surface area contributed by atoms with E-state index in [0.29, 0.717) is 15.6 Å². The molecule has 0 fully saturated rings. The van der Waals surface area contributed by atoms with Gasteiger partial charge in [-0.3, -0.25) is 4.79 Å². The zero-order chi connectivity index (χ0) is 19.4. The van der Waals surface area contributed by atoms with E-state index in [1.54, 1.807) is 48.5 Å². The highest BCUT2D eigenvalue weighted by atomic mass is 35.5. The van der Waals surface area contributed by atoms with Crippen LogP contribution in [0.1, 0.15) is 11.1 Å². The summed E-state index contributed by atoms with van der Waals surface area (Å²) in [5.41, 5.74) is 1.25. The fourth-order valence-electron chi connectivity index (χ4n) is 2.22. The van der Waals surface area contributed by atoms with Crippen LogP contribution in [0, 0.1) is 0 Å². The maximum absolute atomic E-state index is 12.5. The van der Waals surface area contributed by atoms with Crippen molar-refractivity contribution in [3.05, 3.63) is 69.7 Å². The molecule has 0 unspecified atom stereocenters. The Bertz CT molecular complexity index is 1070. The molecule has 0 saturated carbocycles. The van der Waals surface area contributed by atoms with Crippen molar-refractivity contribution in [2.45, 2.75) is 16.5 Å². The van der Waals surface area contributed by atoms with E-state index < -0.39 is 9.84 Å². The third kappa shape index (κ3) is 5.26. The van der Waals surface area contributed by atoms with Crippen LogP contribution in [-0.2, 0) is 26.8 Å². The number of carbonyl (C=O) groups is 1. The lowest BCUT2D eigenvalue weighted by Crippen LogP contribution is -2.14. The summed E-state index contributed by atoms with van der Waals surface area (Å²) in [6.07, 6.45) is 0.110. The maximum Gasteiger partial charge on any atom is 0.234 e. The van der Waals surface area contributed by atoms with Gasteiger partial charge in [0.15, 0.2) is 0 Å². The topological polar surface area (TPSA) is 89.0 Å². The number of sulfone groups is 1. The molecule has 0 aliphatic carbocycles. The second kappa shape index (κ2) is 8.35. The zero-order valence-electron chi connectivity index (χ0n) is 13.7. The molecular formula is C17H13Cl2N3O3S2. The van der Waals surface area contributed by atoms with Gasteiger partial charge in [0.05, 0.1) is 12.2 Å². The Morgan fingerprint density at radius 3 is 2.44 bits per heavy atom. The fourth-order valence-corrected chi connectivity index (χ4v) is 4.99. The number of nitrogens with one attached hydrogen (secondary N) is 1. The van der Waals surface area contributed by atoms with Gasteiger partial charge in [0, 0.05) is 10.0 Å². The first-order chi connectivity index (χ1) is 12.8. The van der Waals surface area contributed by atoms with E-state index in [2.05, 4.69) is 15.5 Å². The molecule has 0 radical (unpaired) electrons. The molecule has 6 nitrogen and oxygen atoms in total. The minimum atomic E-state index is -3.72. The average Bonchev–Trinajstić information content (AvgIpc) is 3.08. The second-order valence-electron chi connectivity index (χ2n) is 5.58. The molecule has 1 aromatic heterocycles. The number of anilines is 1. The third-order valence-electron chi connectivity index (χ3n) is 3.50. The van der Waals surface area contributed by atoms with Crippen LogP contribution in [0.3, 0.4) is 0 Å². The van der Waals surface area contributed by atoms with E-state index in [1.807, 2.05) is 0 Å². The minimum absolute atomic E-state index is 0.110. The van der Waals surface area contributed by atoms with Crippen LogP contribution in [-0.4, -0.2) is 24.5 Å². The van der Waals surface area contributed by atoms with Crippen molar-refractivity contribution in [1.82, 2.24) is 10.2 Å². The monoisotopic (exact) mass is 441 g/mol. The number of nitrogens with zero attached hydrogens (tertiary/aromatic N) is 2. The third-order valence-corrected chi connectivity index (χ3v) is 7.07. The molecule has 0 aliphatic heterocycles. The van der Waals surface area contributed by atoms with E-state index in [9.17, 15) is 13.2 Å². The van der Waals surface area contributed by atoms with Crippen molar-refractivity contribution in [2.24, 2.45) is 0 Å². The Kier molecular flexibility index (Phi) is 6.11. The molecule has 140 valence electrons. The Balaban J connectivity index is 1.67. The minimum Gasteiger partial charge on any atom is -0.300 e. The van der Waals surface area contributed by atoms with Crippen molar-refractivity contribution < 1.29 is 13.2 Å². The molecule has 0 bridgehead atoms. The predicted molar refractivity (Wildman–Crippen MR) is 106 cm³/mol. The SMILES string of the molecule is O=C(Cc1ccc(Cl)cc1)Nc1nnc(S(=O)(=O)Cc2ccccc2Cl)s1. The number of benzene rings is 2. The number of halogens is 2. The molecule has 0 spiro atoms. The van der Waals surface area contributed by atoms with Crippen LogP contribution >= 0.6 is 34.5 Å². The van der Waals surface area contributed by atoms with Crippen LogP contribution in [0.15, 0.2) is 52.9 Å². The zero-order valence-corrected chi connectivity index (χ0v) is 16.9. The first-order valence-corrected chi connectivity index (χ1v) is 10.9. The summed E-state index contributed by atoms with van der Waals surface area (Å²) >= 11 is 12.6. The standard InChI is InChI=1S/C17H13Cl2N3O3S2/c18-13-7-5-11(6-8-13)9-15(23)20-16-21-22-17(26-16)27(24,25)10-12-3-1-2-4-14(12)19/h1-8H,9-10H2,(H,20,21,23). The van der Waals surface area contributed by atoms with Gasteiger partial charge in [0.2, 0.25) is 25.2 Å². The lowest BCUT2D eigenvalue weighted by Gasteiger charge is -2.03. The lowest BCUT2D eigenvalue weighted by molar-refractivity contribution is -0.115. The van der Waals surface area contributed by atoms with Crippen LogP contribution in [0.25, 0.3) is 0 Å². The van der Waals surface area contributed by atoms with E-state index >= 15 is 0 Å². The van der Waals surface area contributed by atoms with Crippen molar-refractivity contribution in [2.75, 3.05) is 5.32 Å². The molecule has 3 rings (SSSR count). The molecule has 0 aliphatic rings. The van der Waals surface area contributed by atoms with Crippen LogP contribution in [0.5, 0.6) is 0 Å². The molecule has 3 aromatic rings. The Hall–Kier alpha value is -2.00. The lowest BCUT2D eigenvalue weighted by atomic mass is 10.1. The van der Waals surface area contributed by atoms with E-state index in [0.717, 1.165) is 16.9 Å². The van der Waals surface area contributed by atoms with Crippen LogP contribution in [0.2, 0.25) is 10.0 Å². The largest absolute Gasteiger partial charge is 0.300 e. The van der Waals surface area contributed by atoms with Gasteiger partial charge in [-0.15, -0.1) is 10.2 Å². The molecule has 2 aromatic carbocycles. The molecule has 1 heterocycles. The average molecular weight is 442 g/mol. The van der Waals surface area contributed by atoms with E-state index in [-0.39, 0.29) is 27.6 Å². The quantitative estimate of drug-likeness (QED) is 0.583. The second-order valence-corrected chi connectivity index (χ2v) is 9.56. The molecule has 1 N–H and O–H groups in total. The maximum atomic E-state index is 12.5. The number of rotatable bonds is 6. The summed E-state index contributed by atoms with van der Waals surface area (Å²) in [5.74, 6) is -0.622. The van der Waals surface area contributed by atoms with E-state index in [1.165, 1.54) is 0 Å². The summed E-state index contributed by atoms with van der Waals surface area (Å²) in [6, 6.07) is 13.5. The molecule has 0 atom stereocenters. The van der Waals surface area contributed by atoms with Crippen molar-refractivity contribution in [1.29, 1.82) is 0 Å². The summed E-state index contributed by atoms with van der Waals surface area (Å²) < 4.78 is 24.8. The van der Waals surface area contributed by atoms with Crippen molar-refractivity contribution >= 4 is 55.4 Å². The first-order valence-electron chi connectivity index (χ1n) is 7.67. The van der Waals surface area contributed by atoms with Gasteiger partial charge in [-0.25, -0.2) is 8.42 Å². The Labute approximate surface area is 170 Å². The molecule has 0 saturated heterocycles. The van der Waals surface area contributed by atoms with Gasteiger partial charge in [-0.2, -0.15) is 0 Å². The summed E-state index contributed by atoms with van der Waals surface area (Å²) in [6.45, 7) is 0. The number of hydrogen-bond donors (Lipinski definition) is 1. The molecule has 10 heteroatoms. The number of amides is 1. The van der Waals surface area contributed by atoms with Gasteiger partial charge >= 0.3 is 0 Å². The smallest absolute Gasteiger partial charge is 0.234 e. The highest BCUT2D eigenvalue weighted by Crippen LogP contribution is 2.26. The molecular weight excluding hydrogens is 429 g/mol. The fraction of sp³-hybridized carbons (Fsp3) is 0.118. The normalized spacial score (nSPS) is 11.3. The van der Waals surface area contributed by atoms with Gasteiger partial charge in [0.1, 0.15) is 0 Å². The van der Waals surface area contributed by atoms with Crippen LogP contribution < -0.4 is 5.32 Å². The summed E-state index contributed by atoms with van der Waals surface area (Å²) in [4.78, 5) is 12.1. The molecule has 1 amide bonds. The highest BCUT2D eigenvalue weighted by molar-refractivity contribution is 7.92. The highest BCUT2D eigenvalue weighted by Gasteiger charge is 2.22. The van der Waals surface area contributed by atoms with Gasteiger partial charge in [-0.05, 0) is 29.3 Å². The van der Waals surface area contributed by atoms with Crippen LogP contribution in [0.4, 0.5) is 5.13 Å².